The molecule has 1 saturated heterocycles. The maximum absolute atomic E-state index is 13.8. The van der Waals surface area contributed by atoms with Gasteiger partial charge in [-0.15, -0.1) is 0 Å². The maximum Gasteiger partial charge on any atom is 0.333 e. The lowest BCUT2D eigenvalue weighted by Gasteiger charge is -2.59. The summed E-state index contributed by atoms with van der Waals surface area (Å²) in [5.41, 5.74) is -0.654. The zero-order chi connectivity index (χ0) is 28.9. The van der Waals surface area contributed by atoms with Crippen LogP contribution in [-0.2, 0) is 33.3 Å². The van der Waals surface area contributed by atoms with Gasteiger partial charge < -0.3 is 29.2 Å². The van der Waals surface area contributed by atoms with E-state index in [1.54, 1.807) is 6.92 Å². The van der Waals surface area contributed by atoms with Crippen LogP contribution < -0.4 is 0 Å². The van der Waals surface area contributed by atoms with Crippen LogP contribution in [0.2, 0.25) is 0 Å². The van der Waals surface area contributed by atoms with E-state index in [4.69, 9.17) is 18.9 Å². The number of ketones is 1. The third-order valence-electron chi connectivity index (χ3n) is 12.5. The Labute approximate surface area is 235 Å². The second-order valence-corrected chi connectivity index (χ2v) is 13.9. The zero-order valence-corrected chi connectivity index (χ0v) is 24.5. The number of rotatable bonds is 5. The average Bonchev–Trinajstić information content (AvgIpc) is 3.57. The number of ether oxygens (including phenoxy) is 4. The molecular weight excluding hydrogens is 516 g/mol. The van der Waals surface area contributed by atoms with Gasteiger partial charge in [-0.1, -0.05) is 12.5 Å². The van der Waals surface area contributed by atoms with Crippen molar-refractivity contribution < 1.29 is 43.5 Å². The molecule has 0 unspecified atom stereocenters. The minimum atomic E-state index is -0.929. The SMILES string of the molecule is CO[C@@H]1CC(=O)[C@]2(C)[C@H]3CC[C@]4(COC(C)=O)[C@@H]([C@H](C)[C@H]5CC(C)=C(C)C(=O)O5)[C@H](O)C[C@H]4[C@@H]3C[C@H]3O[C@]32[C@H]1O. The Morgan fingerprint density at radius 1 is 1.15 bits per heavy atom. The van der Waals surface area contributed by atoms with Crippen LogP contribution in [0, 0.1) is 40.4 Å². The van der Waals surface area contributed by atoms with Gasteiger partial charge in [-0.3, -0.25) is 9.59 Å². The predicted octanol–water partition coefficient (Wildman–Crippen LogP) is 2.74. The largest absolute Gasteiger partial charge is 0.465 e. The third kappa shape index (κ3) is 3.56. The van der Waals surface area contributed by atoms with Gasteiger partial charge in [0.2, 0.25) is 0 Å². The maximum atomic E-state index is 13.8. The molecule has 2 heterocycles. The Kier molecular flexibility index (Phi) is 6.62. The number of aliphatic hydroxyl groups is 2. The molecule has 9 heteroatoms. The van der Waals surface area contributed by atoms with Gasteiger partial charge in [0.1, 0.15) is 23.6 Å². The molecule has 4 aliphatic carbocycles. The summed E-state index contributed by atoms with van der Waals surface area (Å²) in [6.07, 6.45) is 0.602. The highest BCUT2D eigenvalue weighted by Crippen LogP contribution is 2.74. The van der Waals surface area contributed by atoms with Gasteiger partial charge in [0, 0.05) is 43.8 Å². The van der Waals surface area contributed by atoms with E-state index in [9.17, 15) is 24.6 Å². The number of fused-ring (bicyclic) bond motifs is 4. The summed E-state index contributed by atoms with van der Waals surface area (Å²) < 4.78 is 23.5. The van der Waals surface area contributed by atoms with E-state index in [0.717, 1.165) is 5.57 Å². The van der Waals surface area contributed by atoms with Crippen molar-refractivity contribution in [1.29, 1.82) is 0 Å². The van der Waals surface area contributed by atoms with Crippen LogP contribution in [-0.4, -0.2) is 77.8 Å². The van der Waals surface area contributed by atoms with Crippen LogP contribution in [0.25, 0.3) is 0 Å². The number of epoxide rings is 1. The molecule has 2 N–H and O–H groups in total. The minimum Gasteiger partial charge on any atom is -0.465 e. The second-order valence-electron chi connectivity index (χ2n) is 13.9. The first kappa shape index (κ1) is 28.3. The molecule has 6 aliphatic rings. The zero-order valence-electron chi connectivity index (χ0n) is 24.5. The van der Waals surface area contributed by atoms with Crippen molar-refractivity contribution in [2.24, 2.45) is 40.4 Å². The highest BCUT2D eigenvalue weighted by atomic mass is 16.6. The molecule has 0 aromatic heterocycles. The normalized spacial score (nSPS) is 50.2. The topological polar surface area (TPSA) is 132 Å². The van der Waals surface area contributed by atoms with Gasteiger partial charge >= 0.3 is 11.9 Å². The Morgan fingerprint density at radius 2 is 1.88 bits per heavy atom. The number of methoxy groups -OCH3 is 1. The van der Waals surface area contributed by atoms with E-state index < -0.39 is 34.7 Å². The van der Waals surface area contributed by atoms with Crippen molar-refractivity contribution in [1.82, 2.24) is 0 Å². The summed E-state index contributed by atoms with van der Waals surface area (Å²) in [6, 6.07) is 0. The molecule has 13 atom stereocenters. The van der Waals surface area contributed by atoms with E-state index in [-0.39, 0.29) is 72.5 Å². The highest BCUT2D eigenvalue weighted by molar-refractivity contribution is 5.90. The summed E-state index contributed by atoms with van der Waals surface area (Å²) in [7, 11) is 1.52. The van der Waals surface area contributed by atoms with Gasteiger partial charge in [0.25, 0.3) is 0 Å². The molecule has 1 spiro atoms. The molecule has 6 rings (SSSR count). The van der Waals surface area contributed by atoms with Crippen molar-refractivity contribution in [2.45, 2.75) is 109 Å². The molecule has 5 fully saturated rings. The van der Waals surface area contributed by atoms with Gasteiger partial charge in [-0.25, -0.2) is 4.79 Å². The summed E-state index contributed by atoms with van der Waals surface area (Å²) >= 11 is 0. The molecule has 4 saturated carbocycles. The van der Waals surface area contributed by atoms with Crippen LogP contribution in [0.1, 0.15) is 73.1 Å². The monoisotopic (exact) mass is 560 g/mol. The number of hydrogen-bond donors (Lipinski definition) is 2. The molecule has 2 aliphatic heterocycles. The number of esters is 2. The number of carbonyl (C=O) groups excluding carboxylic acids is 3. The second kappa shape index (κ2) is 9.35. The summed E-state index contributed by atoms with van der Waals surface area (Å²) in [4.78, 5) is 38.5. The highest BCUT2D eigenvalue weighted by Gasteiger charge is 2.82. The Balaban J connectivity index is 1.36. The molecule has 222 valence electrons. The number of cyclic esters (lactones) is 1. The number of aliphatic hydroxyl groups excluding tert-OH is 2. The molecular formula is C31H44O9. The van der Waals surface area contributed by atoms with Crippen LogP contribution in [0.3, 0.4) is 0 Å². The Bertz CT molecular complexity index is 1150. The fourth-order valence-corrected chi connectivity index (χ4v) is 10.4. The van der Waals surface area contributed by atoms with Gasteiger partial charge in [-0.05, 0) is 70.1 Å². The Hall–Kier alpha value is -1.81. The van der Waals surface area contributed by atoms with Crippen molar-refractivity contribution in [3.05, 3.63) is 11.1 Å². The first-order chi connectivity index (χ1) is 18.8. The summed E-state index contributed by atoms with van der Waals surface area (Å²) in [5, 5.41) is 23.0. The lowest BCUT2D eigenvalue weighted by atomic mass is 9.43. The van der Waals surface area contributed by atoms with E-state index in [1.165, 1.54) is 14.0 Å². The molecule has 0 aromatic carbocycles. The van der Waals surface area contributed by atoms with Gasteiger partial charge in [0.05, 0.1) is 30.3 Å². The van der Waals surface area contributed by atoms with E-state index in [1.807, 2.05) is 20.8 Å². The summed E-state index contributed by atoms with van der Waals surface area (Å²) in [5.74, 6) is -0.967. The fourth-order valence-electron chi connectivity index (χ4n) is 10.4. The minimum absolute atomic E-state index is 0.00478. The van der Waals surface area contributed by atoms with Crippen LogP contribution >= 0.6 is 0 Å². The number of carbonyl (C=O) groups is 3. The van der Waals surface area contributed by atoms with E-state index >= 15 is 0 Å². The smallest absolute Gasteiger partial charge is 0.333 e. The van der Waals surface area contributed by atoms with Crippen LogP contribution in [0.15, 0.2) is 11.1 Å². The van der Waals surface area contributed by atoms with E-state index in [0.29, 0.717) is 37.7 Å². The molecule has 0 bridgehead atoms. The average molecular weight is 561 g/mol. The number of hydrogen-bond acceptors (Lipinski definition) is 9. The van der Waals surface area contributed by atoms with Crippen molar-refractivity contribution in [2.75, 3.05) is 13.7 Å². The predicted molar refractivity (Wildman–Crippen MR) is 142 cm³/mol. The molecule has 40 heavy (non-hydrogen) atoms. The van der Waals surface area contributed by atoms with Crippen LogP contribution in [0.5, 0.6) is 0 Å². The first-order valence-electron chi connectivity index (χ1n) is 14.9. The van der Waals surface area contributed by atoms with Crippen molar-refractivity contribution in [3.63, 3.8) is 0 Å². The molecule has 0 radical (unpaired) electrons. The lowest BCUT2D eigenvalue weighted by molar-refractivity contribution is -0.189. The van der Waals surface area contributed by atoms with Crippen molar-refractivity contribution in [3.8, 4) is 0 Å². The number of Topliss-reactive ketones (excluding diaryl/α,β-unsaturated/α-hetero) is 1. The standard InChI is InChI=1S/C31H44O9/c1-14-9-22(39-28(36)15(14)2)16(3)26-21(33)11-20-18-10-25-31(40-25)27(35)23(37-6)12-24(34)29(31,5)19(18)7-8-30(20,26)13-38-17(4)32/h16,18-23,25-27,33,35H,7-13H2,1-6H3/t16-,18-,19+,20+,21-,22-,23-,25-,26+,27+,29+,30-,31+/m1/s1. The fraction of sp³-hybridized carbons (Fsp3) is 0.839. The molecule has 0 aromatic rings. The summed E-state index contributed by atoms with van der Waals surface area (Å²) in [6.45, 7) is 9.36. The van der Waals surface area contributed by atoms with Gasteiger partial charge in [-0.2, -0.15) is 0 Å². The van der Waals surface area contributed by atoms with E-state index in [2.05, 4.69) is 0 Å². The lowest BCUT2D eigenvalue weighted by Crippen LogP contribution is -2.68. The Morgan fingerprint density at radius 3 is 2.52 bits per heavy atom. The quantitative estimate of drug-likeness (QED) is 0.385. The van der Waals surface area contributed by atoms with Crippen molar-refractivity contribution >= 4 is 17.7 Å². The molecule has 9 nitrogen and oxygen atoms in total. The first-order valence-corrected chi connectivity index (χ1v) is 14.9. The van der Waals surface area contributed by atoms with Gasteiger partial charge in [0.15, 0.2) is 0 Å². The van der Waals surface area contributed by atoms with Crippen LogP contribution in [0.4, 0.5) is 0 Å². The third-order valence-corrected chi connectivity index (χ3v) is 12.5. The molecule has 0 amide bonds.